The van der Waals surface area contributed by atoms with E-state index in [2.05, 4.69) is 4.74 Å². The number of rotatable bonds is 3. The topological polar surface area (TPSA) is 60.4 Å². The van der Waals surface area contributed by atoms with Crippen molar-refractivity contribution < 1.29 is 26.2 Å². The van der Waals surface area contributed by atoms with Crippen LogP contribution in [0.5, 0.6) is 0 Å². The van der Waals surface area contributed by atoms with Gasteiger partial charge in [0.05, 0.1) is 12.2 Å². The van der Waals surface area contributed by atoms with Crippen molar-refractivity contribution in [3.8, 4) is 0 Å². The lowest BCUT2D eigenvalue weighted by atomic mass is 10.2. The van der Waals surface area contributed by atoms with E-state index in [0.29, 0.717) is 6.07 Å². The molecule has 4 nitrogen and oxygen atoms in total. The van der Waals surface area contributed by atoms with E-state index < -0.39 is 26.9 Å². The Labute approximate surface area is 91.1 Å². The van der Waals surface area contributed by atoms with Crippen molar-refractivity contribution in [2.75, 3.05) is 6.61 Å². The summed E-state index contributed by atoms with van der Waals surface area (Å²) >= 11 is 0. The van der Waals surface area contributed by atoms with Gasteiger partial charge in [0.1, 0.15) is 10.7 Å². The minimum atomic E-state index is -5.04. The van der Waals surface area contributed by atoms with Crippen molar-refractivity contribution in [2.45, 2.75) is 11.8 Å². The molecule has 0 N–H and O–H groups in total. The van der Waals surface area contributed by atoms with Gasteiger partial charge in [0.25, 0.3) is 0 Å². The summed E-state index contributed by atoms with van der Waals surface area (Å²) in [5.74, 6) is -1.94. The van der Waals surface area contributed by atoms with Gasteiger partial charge in [0.15, 0.2) is 0 Å². The van der Waals surface area contributed by atoms with Gasteiger partial charge in [-0.25, -0.2) is 9.18 Å². The molecule has 1 rings (SSSR count). The zero-order valence-electron chi connectivity index (χ0n) is 8.24. The molecule has 0 bridgehead atoms. The van der Waals surface area contributed by atoms with Crippen LogP contribution in [0, 0.1) is 5.82 Å². The molecule has 1 aromatic rings. The van der Waals surface area contributed by atoms with E-state index in [9.17, 15) is 21.5 Å². The minimum Gasteiger partial charge on any atom is -0.462 e. The highest BCUT2D eigenvalue weighted by Crippen LogP contribution is 2.17. The Hall–Kier alpha value is -1.50. The summed E-state index contributed by atoms with van der Waals surface area (Å²) in [6.45, 7) is 1.58. The van der Waals surface area contributed by atoms with Crippen molar-refractivity contribution in [1.29, 1.82) is 0 Å². The number of carbonyl (C=O) groups excluding carboxylic acids is 1. The molecular weight excluding hydrogens is 242 g/mol. The third kappa shape index (κ3) is 2.99. The Morgan fingerprint density at radius 1 is 1.38 bits per heavy atom. The van der Waals surface area contributed by atoms with Gasteiger partial charge < -0.3 is 4.74 Å². The molecule has 0 radical (unpaired) electrons. The molecule has 16 heavy (non-hydrogen) atoms. The average molecular weight is 250 g/mol. The first-order valence-electron chi connectivity index (χ1n) is 4.27. The number of carbonyl (C=O) groups is 1. The van der Waals surface area contributed by atoms with E-state index in [0.717, 1.165) is 12.1 Å². The van der Waals surface area contributed by atoms with Crippen molar-refractivity contribution >= 4 is 16.2 Å². The zero-order chi connectivity index (χ0) is 12.3. The number of benzene rings is 1. The van der Waals surface area contributed by atoms with Gasteiger partial charge in [0.2, 0.25) is 0 Å². The van der Waals surface area contributed by atoms with E-state index in [1.807, 2.05) is 0 Å². The lowest BCUT2D eigenvalue weighted by Crippen LogP contribution is -2.06. The fourth-order valence-corrected chi connectivity index (χ4v) is 1.56. The van der Waals surface area contributed by atoms with Gasteiger partial charge in [-0.2, -0.15) is 8.42 Å². The van der Waals surface area contributed by atoms with Gasteiger partial charge in [-0.15, -0.1) is 3.89 Å². The molecule has 88 valence electrons. The zero-order valence-corrected chi connectivity index (χ0v) is 9.05. The summed E-state index contributed by atoms with van der Waals surface area (Å²) in [5, 5.41) is 0. The number of hydrogen-bond donors (Lipinski definition) is 0. The molecule has 7 heteroatoms. The Bertz CT molecular complexity index is 510. The summed E-state index contributed by atoms with van der Waals surface area (Å²) < 4.78 is 51.1. The second-order valence-electron chi connectivity index (χ2n) is 2.83. The van der Waals surface area contributed by atoms with Crippen LogP contribution in [-0.4, -0.2) is 21.0 Å². The van der Waals surface area contributed by atoms with Gasteiger partial charge in [0, 0.05) is 0 Å². The molecule has 0 atom stereocenters. The van der Waals surface area contributed by atoms with Crippen LogP contribution >= 0.6 is 0 Å². The molecule has 1 aromatic carbocycles. The Kier molecular flexibility index (Phi) is 3.58. The standard InChI is InChI=1S/C9H8F2O4S/c1-2-15-9(12)6-3-7(10)5-8(4-6)16(11,13)14/h3-5H,2H2,1H3. The Morgan fingerprint density at radius 3 is 2.50 bits per heavy atom. The van der Waals surface area contributed by atoms with Gasteiger partial charge >= 0.3 is 16.2 Å². The maximum Gasteiger partial charge on any atom is 0.338 e. The van der Waals surface area contributed by atoms with E-state index in [4.69, 9.17) is 0 Å². The fourth-order valence-electron chi connectivity index (χ4n) is 1.04. The molecule has 0 spiro atoms. The van der Waals surface area contributed by atoms with E-state index in [1.54, 1.807) is 0 Å². The van der Waals surface area contributed by atoms with Crippen LogP contribution in [-0.2, 0) is 15.0 Å². The first-order chi connectivity index (χ1) is 7.34. The first-order valence-corrected chi connectivity index (χ1v) is 5.65. The number of halogens is 2. The highest BCUT2D eigenvalue weighted by atomic mass is 32.3. The number of ether oxygens (including phenoxy) is 1. The molecule has 0 aliphatic rings. The minimum absolute atomic E-state index is 0.0487. The Morgan fingerprint density at radius 2 is 2.00 bits per heavy atom. The summed E-state index contributed by atoms with van der Waals surface area (Å²) in [4.78, 5) is 10.3. The van der Waals surface area contributed by atoms with Crippen LogP contribution in [0.2, 0.25) is 0 Å². The quantitative estimate of drug-likeness (QED) is 0.604. The maximum atomic E-state index is 12.9. The largest absolute Gasteiger partial charge is 0.462 e. The number of esters is 1. The van der Waals surface area contributed by atoms with Gasteiger partial charge in [-0.1, -0.05) is 0 Å². The van der Waals surface area contributed by atoms with Crippen molar-refractivity contribution in [1.82, 2.24) is 0 Å². The van der Waals surface area contributed by atoms with E-state index >= 15 is 0 Å². The molecule has 0 aromatic heterocycles. The van der Waals surface area contributed by atoms with E-state index in [1.165, 1.54) is 6.92 Å². The molecule has 0 amide bonds. The maximum absolute atomic E-state index is 12.9. The second-order valence-corrected chi connectivity index (χ2v) is 4.18. The molecule has 0 unspecified atom stereocenters. The molecule has 0 saturated carbocycles. The Balaban J connectivity index is 3.24. The van der Waals surface area contributed by atoms with E-state index in [-0.39, 0.29) is 12.2 Å². The lowest BCUT2D eigenvalue weighted by molar-refractivity contribution is 0.0525. The van der Waals surface area contributed by atoms with Crippen LogP contribution in [0.1, 0.15) is 17.3 Å². The smallest absolute Gasteiger partial charge is 0.338 e. The molecule has 0 fully saturated rings. The fraction of sp³-hybridized carbons (Fsp3) is 0.222. The predicted octanol–water partition coefficient (Wildman–Crippen LogP) is 1.66. The SMILES string of the molecule is CCOC(=O)c1cc(F)cc(S(=O)(=O)F)c1. The predicted molar refractivity (Wildman–Crippen MR) is 50.7 cm³/mol. The second kappa shape index (κ2) is 4.56. The van der Waals surface area contributed by atoms with Crippen molar-refractivity contribution in [2.24, 2.45) is 0 Å². The number of hydrogen-bond acceptors (Lipinski definition) is 4. The van der Waals surface area contributed by atoms with Crippen LogP contribution in [0.15, 0.2) is 23.1 Å². The van der Waals surface area contributed by atoms with Crippen LogP contribution in [0.4, 0.5) is 8.28 Å². The third-order valence-electron chi connectivity index (χ3n) is 1.66. The van der Waals surface area contributed by atoms with Crippen molar-refractivity contribution in [3.05, 3.63) is 29.6 Å². The van der Waals surface area contributed by atoms with Crippen LogP contribution < -0.4 is 0 Å². The summed E-state index contributed by atoms with van der Waals surface area (Å²) in [6, 6.07) is 1.97. The molecule has 0 heterocycles. The van der Waals surface area contributed by atoms with Crippen LogP contribution in [0.25, 0.3) is 0 Å². The highest BCUT2D eigenvalue weighted by Gasteiger charge is 2.17. The monoisotopic (exact) mass is 250 g/mol. The molecular formula is C9H8F2O4S. The van der Waals surface area contributed by atoms with Crippen LogP contribution in [0.3, 0.4) is 0 Å². The summed E-state index contributed by atoms with van der Waals surface area (Å²) in [6.07, 6.45) is 0. The van der Waals surface area contributed by atoms with Gasteiger partial charge in [-0.3, -0.25) is 0 Å². The first kappa shape index (κ1) is 12.6. The molecule has 0 aliphatic heterocycles. The third-order valence-corrected chi connectivity index (χ3v) is 2.46. The molecule has 0 aliphatic carbocycles. The summed E-state index contributed by atoms with van der Waals surface area (Å²) in [5.41, 5.74) is -0.349. The summed E-state index contributed by atoms with van der Waals surface area (Å²) in [7, 11) is -5.04. The normalized spacial score (nSPS) is 11.2. The van der Waals surface area contributed by atoms with Gasteiger partial charge in [-0.05, 0) is 25.1 Å². The lowest BCUT2D eigenvalue weighted by Gasteiger charge is -2.03. The molecule has 0 saturated heterocycles. The van der Waals surface area contributed by atoms with Crippen molar-refractivity contribution in [3.63, 3.8) is 0 Å². The highest BCUT2D eigenvalue weighted by molar-refractivity contribution is 7.86. The average Bonchev–Trinajstić information content (AvgIpc) is 2.16.